The lowest BCUT2D eigenvalue weighted by Crippen LogP contribution is -2.46. The van der Waals surface area contributed by atoms with Crippen molar-refractivity contribution >= 4 is 17.7 Å². The van der Waals surface area contributed by atoms with E-state index in [1.807, 2.05) is 4.90 Å². The largest absolute Gasteiger partial charge is 0.306 e. The van der Waals surface area contributed by atoms with Gasteiger partial charge in [0.15, 0.2) is 0 Å². The third-order valence-corrected chi connectivity index (χ3v) is 5.48. The van der Waals surface area contributed by atoms with Gasteiger partial charge in [-0.15, -0.1) is 0 Å². The van der Waals surface area contributed by atoms with E-state index in [-0.39, 0.29) is 17.8 Å². The number of nitrogens with zero attached hydrogens (tertiary/aromatic N) is 2. The van der Waals surface area contributed by atoms with Crippen molar-refractivity contribution < 1.29 is 9.18 Å². The predicted octanol–water partition coefficient (Wildman–Crippen LogP) is 3.98. The van der Waals surface area contributed by atoms with Gasteiger partial charge in [0, 0.05) is 30.3 Å². The van der Waals surface area contributed by atoms with Crippen LogP contribution in [-0.2, 0) is 4.79 Å². The molecule has 1 fully saturated rings. The summed E-state index contributed by atoms with van der Waals surface area (Å²) in [4.78, 5) is 17.3. The van der Waals surface area contributed by atoms with Crippen LogP contribution in [0.15, 0.2) is 48.5 Å². The van der Waals surface area contributed by atoms with E-state index in [0.717, 1.165) is 30.8 Å². The van der Waals surface area contributed by atoms with Crippen molar-refractivity contribution in [3.63, 3.8) is 0 Å². The number of hydrogen-bond donors (Lipinski definition) is 0. The normalized spacial score (nSPS) is 22.5. The van der Waals surface area contributed by atoms with Crippen LogP contribution in [0.5, 0.6) is 0 Å². The summed E-state index contributed by atoms with van der Waals surface area (Å²) in [6.07, 6.45) is 4.35. The van der Waals surface area contributed by atoms with E-state index >= 15 is 0 Å². The maximum atomic E-state index is 13.0. The number of carbonyl (C=O) groups excluding carboxylic acids is 1. The van der Waals surface area contributed by atoms with Crippen LogP contribution >= 0.6 is 0 Å². The minimum Gasteiger partial charge on any atom is -0.306 e. The Morgan fingerprint density at radius 1 is 1.19 bits per heavy atom. The average molecular weight is 350 g/mol. The van der Waals surface area contributed by atoms with Crippen LogP contribution in [0, 0.1) is 12.7 Å². The van der Waals surface area contributed by atoms with Gasteiger partial charge in [0.1, 0.15) is 5.82 Å². The fourth-order valence-electron chi connectivity index (χ4n) is 4.19. The molecule has 2 aliphatic rings. The molecule has 0 radical (unpaired) electrons. The Kier molecular flexibility index (Phi) is 4.37. The highest BCUT2D eigenvalue weighted by atomic mass is 19.1. The van der Waals surface area contributed by atoms with Crippen molar-refractivity contribution in [2.45, 2.75) is 25.3 Å². The summed E-state index contributed by atoms with van der Waals surface area (Å²) in [7, 11) is 2.14. The zero-order valence-corrected chi connectivity index (χ0v) is 15.2. The van der Waals surface area contributed by atoms with Crippen molar-refractivity contribution in [2.75, 3.05) is 25.0 Å². The Labute approximate surface area is 153 Å². The molecule has 2 aromatic rings. The molecule has 2 aromatic carbocycles. The Hall–Kier alpha value is -2.46. The van der Waals surface area contributed by atoms with E-state index in [4.69, 9.17) is 0 Å². The molecule has 0 bridgehead atoms. The number of aryl methyl sites for hydroxylation is 1. The zero-order valence-electron chi connectivity index (χ0n) is 15.2. The smallest absolute Gasteiger partial charge is 0.251 e. The molecule has 0 aromatic heterocycles. The standard InChI is InChI=1S/C22H23FN2O/c1-15-3-9-20-18(13-15)19-14-24(2)12-11-21(19)25(20)22(26)10-6-16-4-7-17(23)8-5-16/h3-10,13,19,21H,11-12,14H2,1-2H3/b10-6+/t19-,21+/m1/s1. The van der Waals surface area contributed by atoms with Crippen LogP contribution in [0.3, 0.4) is 0 Å². The summed E-state index contributed by atoms with van der Waals surface area (Å²) in [5.41, 5.74) is 4.37. The maximum Gasteiger partial charge on any atom is 0.251 e. The van der Waals surface area contributed by atoms with Gasteiger partial charge in [0.2, 0.25) is 0 Å². The van der Waals surface area contributed by atoms with Crippen molar-refractivity contribution in [1.29, 1.82) is 0 Å². The first kappa shape index (κ1) is 17.0. The lowest BCUT2D eigenvalue weighted by atomic mass is 9.89. The van der Waals surface area contributed by atoms with E-state index in [1.165, 1.54) is 23.3 Å². The molecule has 2 atom stereocenters. The summed E-state index contributed by atoms with van der Waals surface area (Å²) >= 11 is 0. The fraction of sp³-hybridized carbons (Fsp3) is 0.318. The van der Waals surface area contributed by atoms with E-state index in [0.29, 0.717) is 5.92 Å². The number of rotatable bonds is 2. The molecule has 0 saturated carbocycles. The molecule has 134 valence electrons. The highest BCUT2D eigenvalue weighted by Crippen LogP contribution is 2.45. The van der Waals surface area contributed by atoms with Gasteiger partial charge >= 0.3 is 0 Å². The molecule has 26 heavy (non-hydrogen) atoms. The van der Waals surface area contributed by atoms with Crippen LogP contribution < -0.4 is 4.90 Å². The number of benzene rings is 2. The summed E-state index contributed by atoms with van der Waals surface area (Å²) < 4.78 is 13.0. The highest BCUT2D eigenvalue weighted by molar-refractivity contribution is 6.06. The Bertz CT molecular complexity index is 859. The van der Waals surface area contributed by atoms with Crippen molar-refractivity contribution in [3.05, 3.63) is 71.0 Å². The molecular weight excluding hydrogens is 327 g/mol. The molecule has 0 aliphatic carbocycles. The predicted molar refractivity (Wildman–Crippen MR) is 103 cm³/mol. The van der Waals surface area contributed by atoms with Crippen molar-refractivity contribution in [3.8, 4) is 0 Å². The van der Waals surface area contributed by atoms with Crippen LogP contribution in [-0.4, -0.2) is 37.0 Å². The van der Waals surface area contributed by atoms with Crippen molar-refractivity contribution in [2.24, 2.45) is 0 Å². The zero-order chi connectivity index (χ0) is 18.3. The number of likely N-dealkylation sites (tertiary alicyclic amines) is 1. The highest BCUT2D eigenvalue weighted by Gasteiger charge is 2.43. The number of fused-ring (bicyclic) bond motifs is 3. The van der Waals surface area contributed by atoms with Gasteiger partial charge in [-0.05, 0) is 62.3 Å². The molecule has 2 aliphatic heterocycles. The number of piperidine rings is 1. The van der Waals surface area contributed by atoms with Gasteiger partial charge < -0.3 is 9.80 Å². The van der Waals surface area contributed by atoms with Gasteiger partial charge in [0.05, 0.1) is 0 Å². The third-order valence-electron chi connectivity index (χ3n) is 5.48. The molecule has 0 N–H and O–H groups in total. The van der Waals surface area contributed by atoms with E-state index in [2.05, 4.69) is 37.1 Å². The van der Waals surface area contributed by atoms with E-state index in [1.54, 1.807) is 24.3 Å². The lowest BCUT2D eigenvalue weighted by Gasteiger charge is -2.36. The monoisotopic (exact) mass is 350 g/mol. The summed E-state index contributed by atoms with van der Waals surface area (Å²) in [5.74, 6) is 0.0924. The molecule has 0 spiro atoms. The first-order valence-electron chi connectivity index (χ1n) is 9.09. The second kappa shape index (κ2) is 6.69. The van der Waals surface area contributed by atoms with E-state index < -0.39 is 0 Å². The molecule has 4 rings (SSSR count). The van der Waals surface area contributed by atoms with Crippen LogP contribution in [0.2, 0.25) is 0 Å². The number of anilines is 1. The molecule has 4 heteroatoms. The Morgan fingerprint density at radius 3 is 2.73 bits per heavy atom. The summed E-state index contributed by atoms with van der Waals surface area (Å²) in [6, 6.07) is 12.8. The third kappa shape index (κ3) is 3.06. The minimum absolute atomic E-state index is 0.00326. The minimum atomic E-state index is -0.272. The van der Waals surface area contributed by atoms with Crippen molar-refractivity contribution in [1.82, 2.24) is 4.90 Å². The van der Waals surface area contributed by atoms with Crippen LogP contribution in [0.25, 0.3) is 6.08 Å². The SMILES string of the molecule is Cc1ccc2c(c1)[C@H]1CN(C)CC[C@@H]1N2C(=O)/C=C/c1ccc(F)cc1. The van der Waals surface area contributed by atoms with Gasteiger partial charge in [-0.2, -0.15) is 0 Å². The van der Waals surface area contributed by atoms with Gasteiger partial charge in [-0.25, -0.2) is 4.39 Å². The number of likely N-dealkylation sites (N-methyl/N-ethyl adjacent to an activating group) is 1. The van der Waals surface area contributed by atoms with E-state index in [9.17, 15) is 9.18 Å². The van der Waals surface area contributed by atoms with Crippen LogP contribution in [0.4, 0.5) is 10.1 Å². The Balaban J connectivity index is 1.64. The number of halogens is 1. The first-order chi connectivity index (χ1) is 12.5. The number of hydrogen-bond acceptors (Lipinski definition) is 2. The summed E-state index contributed by atoms with van der Waals surface area (Å²) in [6.45, 7) is 4.08. The van der Waals surface area contributed by atoms with Gasteiger partial charge in [-0.3, -0.25) is 4.79 Å². The lowest BCUT2D eigenvalue weighted by molar-refractivity contribution is -0.114. The molecule has 0 unspecified atom stereocenters. The average Bonchev–Trinajstić information content (AvgIpc) is 2.94. The molecule has 1 saturated heterocycles. The first-order valence-corrected chi connectivity index (χ1v) is 9.09. The molecule has 1 amide bonds. The van der Waals surface area contributed by atoms with Gasteiger partial charge in [-0.1, -0.05) is 29.8 Å². The maximum absolute atomic E-state index is 13.0. The Morgan fingerprint density at radius 2 is 1.96 bits per heavy atom. The second-order valence-corrected chi connectivity index (χ2v) is 7.38. The molecular formula is C22H23FN2O. The topological polar surface area (TPSA) is 23.6 Å². The van der Waals surface area contributed by atoms with Gasteiger partial charge in [0.25, 0.3) is 5.91 Å². The number of carbonyl (C=O) groups is 1. The summed E-state index contributed by atoms with van der Waals surface area (Å²) in [5, 5.41) is 0. The molecule has 3 nitrogen and oxygen atoms in total. The quantitative estimate of drug-likeness (QED) is 0.765. The molecule has 2 heterocycles. The second-order valence-electron chi connectivity index (χ2n) is 7.38. The van der Waals surface area contributed by atoms with Crippen LogP contribution in [0.1, 0.15) is 29.0 Å². The number of amides is 1. The fourth-order valence-corrected chi connectivity index (χ4v) is 4.19.